The number of hydrogen-bond donors (Lipinski definition) is 0. The van der Waals surface area contributed by atoms with Crippen LogP contribution in [0.15, 0.2) is 41.8 Å². The molecule has 5 rings (SSSR count). The van der Waals surface area contributed by atoms with Gasteiger partial charge in [0.1, 0.15) is 0 Å². The van der Waals surface area contributed by atoms with E-state index in [1.54, 1.807) is 10.9 Å². The fourth-order valence-electron chi connectivity index (χ4n) is 4.18. The summed E-state index contributed by atoms with van der Waals surface area (Å²) in [6.07, 6.45) is 9.04. The third-order valence-electron chi connectivity index (χ3n) is 6.30. The van der Waals surface area contributed by atoms with Crippen LogP contribution in [0.2, 0.25) is 0 Å². The van der Waals surface area contributed by atoms with Gasteiger partial charge in [0.2, 0.25) is 0 Å². The minimum atomic E-state index is 0.0911. The van der Waals surface area contributed by atoms with E-state index in [1.807, 2.05) is 18.6 Å². The molecule has 0 amide bonds. The molecule has 0 spiro atoms. The minimum Gasteiger partial charge on any atom is -0.369 e. The molecule has 1 aliphatic carbocycles. The second-order valence-electron chi connectivity index (χ2n) is 8.42. The van der Waals surface area contributed by atoms with Crippen LogP contribution < -0.4 is 10.5 Å². The molecular weight excluding hydrogens is 364 g/mol. The van der Waals surface area contributed by atoms with Gasteiger partial charge in [0.15, 0.2) is 0 Å². The lowest BCUT2D eigenvalue weighted by atomic mass is 10.2. The zero-order valence-electron chi connectivity index (χ0n) is 17.0. The number of rotatable bonds is 6. The normalized spacial score (nSPS) is 17.9. The van der Waals surface area contributed by atoms with Crippen molar-refractivity contribution >= 4 is 16.6 Å². The first kappa shape index (κ1) is 18.4. The number of hydrogen-bond acceptors (Lipinski definition) is 5. The molecule has 2 fully saturated rings. The van der Waals surface area contributed by atoms with Gasteiger partial charge in [-0.25, -0.2) is 9.97 Å². The van der Waals surface area contributed by atoms with Crippen molar-refractivity contribution in [2.75, 3.05) is 37.6 Å². The summed E-state index contributed by atoms with van der Waals surface area (Å²) in [7, 11) is 2.05. The van der Waals surface area contributed by atoms with E-state index in [0.717, 1.165) is 62.3 Å². The number of aromatic nitrogens is 4. The molecule has 2 aliphatic rings. The summed E-state index contributed by atoms with van der Waals surface area (Å²) in [6.45, 7) is 5.96. The van der Waals surface area contributed by atoms with E-state index in [9.17, 15) is 4.79 Å². The molecule has 7 nitrogen and oxygen atoms in total. The van der Waals surface area contributed by atoms with E-state index in [2.05, 4.69) is 43.5 Å². The van der Waals surface area contributed by atoms with Crippen molar-refractivity contribution in [1.29, 1.82) is 0 Å². The molecule has 0 bridgehead atoms. The topological polar surface area (TPSA) is 59.2 Å². The number of fused-ring (bicyclic) bond motifs is 1. The highest BCUT2D eigenvalue weighted by Gasteiger charge is 2.23. The van der Waals surface area contributed by atoms with Gasteiger partial charge in [-0.1, -0.05) is 0 Å². The molecule has 2 aromatic heterocycles. The van der Waals surface area contributed by atoms with Crippen LogP contribution in [0.3, 0.4) is 0 Å². The molecule has 7 heteroatoms. The highest BCUT2D eigenvalue weighted by atomic mass is 16.1. The van der Waals surface area contributed by atoms with Gasteiger partial charge in [-0.3, -0.25) is 14.3 Å². The van der Waals surface area contributed by atoms with Crippen LogP contribution >= 0.6 is 0 Å². The summed E-state index contributed by atoms with van der Waals surface area (Å²) in [6, 6.07) is 6.11. The SMILES string of the molecule is Cn1cncc1CCN1CCN(c2ccc3c(=O)n(CC4CC4)cnc3c2)CC1. The summed E-state index contributed by atoms with van der Waals surface area (Å²) in [5.74, 6) is 0.667. The summed E-state index contributed by atoms with van der Waals surface area (Å²) in [4.78, 5) is 26.4. The molecule has 29 heavy (non-hydrogen) atoms. The molecule has 3 aromatic rings. The Balaban J connectivity index is 1.23. The largest absolute Gasteiger partial charge is 0.369 e. The third-order valence-corrected chi connectivity index (χ3v) is 6.30. The number of benzene rings is 1. The van der Waals surface area contributed by atoms with Gasteiger partial charge in [0.25, 0.3) is 5.56 Å². The van der Waals surface area contributed by atoms with E-state index < -0.39 is 0 Å². The Kier molecular flexibility index (Phi) is 4.83. The molecule has 1 aromatic carbocycles. The number of imidazole rings is 1. The number of piperazine rings is 1. The van der Waals surface area contributed by atoms with Crippen LogP contribution in [0.4, 0.5) is 5.69 Å². The second-order valence-corrected chi connectivity index (χ2v) is 8.42. The van der Waals surface area contributed by atoms with E-state index >= 15 is 0 Å². The fraction of sp³-hybridized carbons (Fsp3) is 0.500. The van der Waals surface area contributed by atoms with Crippen LogP contribution in [-0.2, 0) is 20.0 Å². The summed E-state index contributed by atoms with van der Waals surface area (Å²) < 4.78 is 3.87. The van der Waals surface area contributed by atoms with Crippen molar-refractivity contribution in [3.05, 3.63) is 53.1 Å². The maximum Gasteiger partial charge on any atom is 0.261 e. The van der Waals surface area contributed by atoms with Gasteiger partial charge in [0.05, 0.1) is 23.6 Å². The monoisotopic (exact) mass is 392 g/mol. The van der Waals surface area contributed by atoms with Gasteiger partial charge < -0.3 is 9.47 Å². The highest BCUT2D eigenvalue weighted by Crippen LogP contribution is 2.30. The zero-order chi connectivity index (χ0) is 19.8. The first-order chi connectivity index (χ1) is 14.2. The molecule has 0 atom stereocenters. The van der Waals surface area contributed by atoms with Gasteiger partial charge >= 0.3 is 0 Å². The van der Waals surface area contributed by atoms with Crippen molar-refractivity contribution in [2.45, 2.75) is 25.8 Å². The standard InChI is InChI=1S/C22H28N6O/c1-25-15-23-13-19(25)6-7-26-8-10-27(11-9-26)18-4-5-20-21(12-18)24-16-28(22(20)29)14-17-2-3-17/h4-5,12-13,15-17H,2-3,6-11,14H2,1H3. The van der Waals surface area contributed by atoms with Gasteiger partial charge in [-0.15, -0.1) is 0 Å². The van der Waals surface area contributed by atoms with Gasteiger partial charge in [0, 0.05) is 70.3 Å². The Hall–Kier alpha value is -2.67. The number of nitrogens with zero attached hydrogens (tertiary/aromatic N) is 6. The summed E-state index contributed by atoms with van der Waals surface area (Å²) in [5.41, 5.74) is 3.34. The Morgan fingerprint density at radius 1 is 1.10 bits per heavy atom. The Bertz CT molecular complexity index is 1060. The number of aryl methyl sites for hydroxylation is 1. The van der Waals surface area contributed by atoms with E-state index in [0.29, 0.717) is 5.92 Å². The molecule has 0 unspecified atom stereocenters. The molecule has 152 valence electrons. The average molecular weight is 393 g/mol. The molecular formula is C22H28N6O. The van der Waals surface area contributed by atoms with Crippen LogP contribution in [0.1, 0.15) is 18.5 Å². The average Bonchev–Trinajstić information content (AvgIpc) is 3.48. The molecule has 1 saturated heterocycles. The van der Waals surface area contributed by atoms with Crippen molar-refractivity contribution in [3.8, 4) is 0 Å². The maximum atomic E-state index is 12.7. The molecule has 1 aliphatic heterocycles. The first-order valence-electron chi connectivity index (χ1n) is 10.6. The predicted molar refractivity (Wildman–Crippen MR) is 114 cm³/mol. The van der Waals surface area contributed by atoms with Crippen LogP contribution in [0.25, 0.3) is 10.9 Å². The molecule has 0 radical (unpaired) electrons. The van der Waals surface area contributed by atoms with Crippen LogP contribution in [-0.4, -0.2) is 56.7 Å². The van der Waals surface area contributed by atoms with Gasteiger partial charge in [-0.2, -0.15) is 0 Å². The Labute approximate surface area is 170 Å². The smallest absolute Gasteiger partial charge is 0.261 e. The van der Waals surface area contributed by atoms with Crippen molar-refractivity contribution < 1.29 is 0 Å². The lowest BCUT2D eigenvalue weighted by Crippen LogP contribution is -2.47. The predicted octanol–water partition coefficient (Wildman–Crippen LogP) is 1.90. The Morgan fingerprint density at radius 2 is 1.93 bits per heavy atom. The molecule has 3 heterocycles. The van der Waals surface area contributed by atoms with Crippen LogP contribution in [0, 0.1) is 5.92 Å². The van der Waals surface area contributed by atoms with E-state index in [4.69, 9.17) is 0 Å². The Morgan fingerprint density at radius 3 is 2.66 bits per heavy atom. The lowest BCUT2D eigenvalue weighted by Gasteiger charge is -2.36. The quantitative estimate of drug-likeness (QED) is 0.641. The highest BCUT2D eigenvalue weighted by molar-refractivity contribution is 5.81. The van der Waals surface area contributed by atoms with E-state index in [1.165, 1.54) is 18.5 Å². The van der Waals surface area contributed by atoms with Crippen molar-refractivity contribution in [3.63, 3.8) is 0 Å². The van der Waals surface area contributed by atoms with Crippen molar-refractivity contribution in [2.24, 2.45) is 13.0 Å². The zero-order valence-corrected chi connectivity index (χ0v) is 17.0. The lowest BCUT2D eigenvalue weighted by molar-refractivity contribution is 0.259. The number of anilines is 1. The maximum absolute atomic E-state index is 12.7. The third kappa shape index (κ3) is 3.92. The van der Waals surface area contributed by atoms with Crippen LogP contribution in [0.5, 0.6) is 0 Å². The molecule has 0 N–H and O–H groups in total. The summed E-state index contributed by atoms with van der Waals surface area (Å²) in [5, 5.41) is 0.728. The van der Waals surface area contributed by atoms with Crippen molar-refractivity contribution in [1.82, 2.24) is 24.0 Å². The van der Waals surface area contributed by atoms with E-state index in [-0.39, 0.29) is 5.56 Å². The summed E-state index contributed by atoms with van der Waals surface area (Å²) >= 11 is 0. The second kappa shape index (κ2) is 7.63. The van der Waals surface area contributed by atoms with Gasteiger partial charge in [-0.05, 0) is 37.0 Å². The first-order valence-corrected chi connectivity index (χ1v) is 10.6. The fourth-order valence-corrected chi connectivity index (χ4v) is 4.18. The molecule has 1 saturated carbocycles. The minimum absolute atomic E-state index is 0.0911.